The van der Waals surface area contributed by atoms with Gasteiger partial charge in [0.2, 0.25) is 5.91 Å². The highest BCUT2D eigenvalue weighted by atomic mass is 19.1. The van der Waals surface area contributed by atoms with Crippen LogP contribution in [0.2, 0.25) is 0 Å². The second-order valence-corrected chi connectivity index (χ2v) is 10.1. The maximum atomic E-state index is 13.4. The lowest BCUT2D eigenvalue weighted by atomic mass is 9.96. The Morgan fingerprint density at radius 3 is 2.84 bits per heavy atom. The first kappa shape index (κ1) is 29.3. The first-order valence-corrected chi connectivity index (χ1v) is 13.6. The fourth-order valence-electron chi connectivity index (χ4n) is 4.95. The number of rotatable bonds is 16. The van der Waals surface area contributed by atoms with Crippen LogP contribution in [0.4, 0.5) is 10.2 Å². The van der Waals surface area contributed by atoms with E-state index < -0.39 is 24.8 Å². The number of methoxy groups -OCH3 is 1. The molecule has 1 amide bonds. The minimum Gasteiger partial charge on any atom is -0.480 e. The number of ether oxygens (including phenoxy) is 2. The number of unbranched alkanes of at least 4 members (excludes halogenated alkanes) is 1. The first-order chi connectivity index (χ1) is 18.0. The van der Waals surface area contributed by atoms with Crippen molar-refractivity contribution < 1.29 is 28.6 Å². The van der Waals surface area contributed by atoms with Gasteiger partial charge in [-0.2, -0.15) is 0 Å². The second-order valence-electron chi connectivity index (χ2n) is 10.1. The molecule has 2 atom stereocenters. The van der Waals surface area contributed by atoms with E-state index in [4.69, 9.17) is 14.5 Å². The first-order valence-electron chi connectivity index (χ1n) is 13.6. The number of aromatic nitrogens is 1. The average Bonchev–Trinajstić information content (AvgIpc) is 2.91. The van der Waals surface area contributed by atoms with Gasteiger partial charge < -0.3 is 30.1 Å². The Kier molecular flexibility index (Phi) is 12.5. The molecule has 9 nitrogen and oxygen atoms in total. The Balaban J connectivity index is 1.47. The molecule has 2 unspecified atom stereocenters. The predicted octanol–water partition coefficient (Wildman–Crippen LogP) is 2.83. The zero-order valence-corrected chi connectivity index (χ0v) is 22.1. The van der Waals surface area contributed by atoms with E-state index in [0.717, 1.165) is 63.0 Å². The fourth-order valence-corrected chi connectivity index (χ4v) is 4.95. The molecular formula is C27H43FN4O5. The molecule has 10 heteroatoms. The van der Waals surface area contributed by atoms with Crippen molar-refractivity contribution in [3.8, 4) is 0 Å². The van der Waals surface area contributed by atoms with Gasteiger partial charge in [0, 0.05) is 52.1 Å². The van der Waals surface area contributed by atoms with E-state index in [0.29, 0.717) is 39.3 Å². The molecule has 0 aromatic carbocycles. The highest BCUT2D eigenvalue weighted by Gasteiger charge is 2.24. The molecule has 2 aliphatic rings. The van der Waals surface area contributed by atoms with E-state index in [9.17, 15) is 19.1 Å². The van der Waals surface area contributed by atoms with Crippen molar-refractivity contribution in [3.63, 3.8) is 0 Å². The molecule has 0 bridgehead atoms. The van der Waals surface area contributed by atoms with Gasteiger partial charge in [0.1, 0.15) is 18.5 Å². The number of alkyl halides is 1. The van der Waals surface area contributed by atoms with E-state index in [2.05, 4.69) is 22.8 Å². The van der Waals surface area contributed by atoms with Crippen LogP contribution in [0, 0.1) is 5.92 Å². The van der Waals surface area contributed by atoms with E-state index in [1.807, 2.05) is 4.90 Å². The fraction of sp³-hybridized carbons (Fsp3) is 0.741. The molecule has 1 aromatic rings. The van der Waals surface area contributed by atoms with Gasteiger partial charge in [-0.15, -0.1) is 0 Å². The van der Waals surface area contributed by atoms with Gasteiger partial charge in [-0.3, -0.25) is 4.79 Å². The molecule has 3 N–H and O–H groups in total. The summed E-state index contributed by atoms with van der Waals surface area (Å²) in [6, 6.07) is 3.27. The Labute approximate surface area is 219 Å². The topological polar surface area (TPSA) is 113 Å². The van der Waals surface area contributed by atoms with Crippen molar-refractivity contribution in [3.05, 3.63) is 23.4 Å². The normalized spacial score (nSPS) is 17.6. The molecule has 0 saturated carbocycles. The third-order valence-corrected chi connectivity index (χ3v) is 7.26. The van der Waals surface area contributed by atoms with Crippen LogP contribution >= 0.6 is 0 Å². The lowest BCUT2D eigenvalue weighted by Crippen LogP contribution is -2.45. The summed E-state index contributed by atoms with van der Waals surface area (Å²) in [6.07, 6.45) is 6.45. The number of pyridine rings is 1. The van der Waals surface area contributed by atoms with Crippen LogP contribution in [0.1, 0.15) is 56.2 Å². The molecule has 2 aliphatic heterocycles. The van der Waals surface area contributed by atoms with Gasteiger partial charge in [0.25, 0.3) is 0 Å². The monoisotopic (exact) mass is 522 g/mol. The molecule has 0 spiro atoms. The minimum atomic E-state index is -1.05. The van der Waals surface area contributed by atoms with Crippen molar-refractivity contribution in [1.82, 2.24) is 15.2 Å². The zero-order valence-electron chi connectivity index (χ0n) is 22.1. The van der Waals surface area contributed by atoms with Gasteiger partial charge in [0.05, 0.1) is 6.10 Å². The molecule has 1 aromatic heterocycles. The number of carbonyl (C=O) groups excluding carboxylic acids is 1. The van der Waals surface area contributed by atoms with Gasteiger partial charge >= 0.3 is 5.97 Å². The van der Waals surface area contributed by atoms with Crippen LogP contribution in [-0.2, 0) is 31.9 Å². The predicted molar refractivity (Wildman–Crippen MR) is 140 cm³/mol. The Bertz CT molecular complexity index is 848. The van der Waals surface area contributed by atoms with Crippen LogP contribution in [0.25, 0.3) is 0 Å². The number of hydrogen-bond donors (Lipinski definition) is 3. The highest BCUT2D eigenvalue weighted by molar-refractivity contribution is 5.83. The number of fused-ring (bicyclic) bond motifs is 1. The van der Waals surface area contributed by atoms with Crippen LogP contribution in [0.3, 0.4) is 0 Å². The summed E-state index contributed by atoms with van der Waals surface area (Å²) in [5, 5.41) is 15.7. The lowest BCUT2D eigenvalue weighted by Gasteiger charge is -2.27. The maximum Gasteiger partial charge on any atom is 0.326 e. The van der Waals surface area contributed by atoms with Crippen LogP contribution in [0.15, 0.2) is 12.1 Å². The van der Waals surface area contributed by atoms with E-state index in [-0.39, 0.29) is 18.2 Å². The molecule has 208 valence electrons. The molecule has 1 saturated heterocycles. The van der Waals surface area contributed by atoms with Gasteiger partial charge in [-0.25, -0.2) is 14.2 Å². The Morgan fingerprint density at radius 2 is 2.11 bits per heavy atom. The number of nitrogens with zero attached hydrogens (tertiary/aromatic N) is 2. The highest BCUT2D eigenvalue weighted by Crippen LogP contribution is 2.21. The molecule has 0 radical (unpaired) electrons. The molecule has 3 rings (SSSR count). The molecule has 3 heterocycles. The zero-order chi connectivity index (χ0) is 26.5. The molecular weight excluding hydrogens is 479 g/mol. The van der Waals surface area contributed by atoms with Crippen molar-refractivity contribution >= 4 is 17.7 Å². The van der Waals surface area contributed by atoms with Gasteiger partial charge in [0.15, 0.2) is 0 Å². The number of amides is 1. The van der Waals surface area contributed by atoms with Crippen molar-refractivity contribution in [2.45, 2.75) is 69.9 Å². The third kappa shape index (κ3) is 10.2. The van der Waals surface area contributed by atoms with Crippen LogP contribution in [0.5, 0.6) is 0 Å². The number of hydrogen-bond acceptors (Lipinski definition) is 7. The van der Waals surface area contributed by atoms with E-state index in [1.54, 1.807) is 0 Å². The number of carboxylic acids is 1. The van der Waals surface area contributed by atoms with Gasteiger partial charge in [-0.05, 0) is 75.5 Å². The van der Waals surface area contributed by atoms with E-state index in [1.165, 1.54) is 12.7 Å². The van der Waals surface area contributed by atoms with Gasteiger partial charge in [-0.1, -0.05) is 6.07 Å². The van der Waals surface area contributed by atoms with Crippen molar-refractivity contribution in [1.29, 1.82) is 0 Å². The number of aryl methyl sites for hydroxylation is 2. The third-order valence-electron chi connectivity index (χ3n) is 7.26. The number of halogens is 1. The van der Waals surface area contributed by atoms with Crippen molar-refractivity contribution in [2.24, 2.45) is 5.92 Å². The summed E-state index contributed by atoms with van der Waals surface area (Å²) >= 11 is 0. The summed E-state index contributed by atoms with van der Waals surface area (Å²) in [5.41, 5.74) is 2.32. The van der Waals surface area contributed by atoms with Crippen molar-refractivity contribution in [2.75, 3.05) is 58.5 Å². The summed E-state index contributed by atoms with van der Waals surface area (Å²) in [5.74, 6) is -0.0699. The smallest absolute Gasteiger partial charge is 0.326 e. The number of nitrogens with one attached hydrogen (secondary N) is 2. The number of anilines is 1. The lowest BCUT2D eigenvalue weighted by molar-refractivity contribution is -0.142. The number of carbonyl (C=O) groups is 2. The Hall–Kier alpha value is -2.30. The second kappa shape index (κ2) is 15.8. The number of aliphatic carboxylic acids is 1. The summed E-state index contributed by atoms with van der Waals surface area (Å²) in [4.78, 5) is 31.1. The minimum absolute atomic E-state index is 0.229. The van der Waals surface area contributed by atoms with E-state index >= 15 is 0 Å². The Morgan fingerprint density at radius 1 is 1.30 bits per heavy atom. The van der Waals surface area contributed by atoms with Crippen LogP contribution < -0.4 is 10.6 Å². The standard InChI is InChI=1S/C27H43FN4O5/c1-36-23(18-28)19-32(13-3-2-6-22-8-7-21-5-4-12-29-26(21)30-22)14-9-24(27(34)35)31-25(33)17-20-10-15-37-16-11-20/h7-8,20,23-24H,2-6,9-19H2,1H3,(H,29,30)(H,31,33)(H,34,35). The number of carboxylic acid groups (broad SMARTS) is 1. The SMILES string of the molecule is COC(CF)CN(CCCCc1ccc2c(n1)NCCC2)CCC(NC(=O)CC1CCOCC1)C(=O)O. The summed E-state index contributed by atoms with van der Waals surface area (Å²) < 4.78 is 23.9. The molecule has 37 heavy (non-hydrogen) atoms. The molecule has 0 aliphatic carbocycles. The van der Waals surface area contributed by atoms with Crippen LogP contribution in [-0.4, -0.2) is 92.2 Å². The quantitative estimate of drug-likeness (QED) is 0.284. The largest absolute Gasteiger partial charge is 0.480 e. The molecule has 1 fully saturated rings. The maximum absolute atomic E-state index is 13.4. The summed E-state index contributed by atoms with van der Waals surface area (Å²) in [7, 11) is 1.48. The average molecular weight is 523 g/mol. The summed E-state index contributed by atoms with van der Waals surface area (Å²) in [6.45, 7) is 3.12.